The van der Waals surface area contributed by atoms with Crippen LogP contribution in [0.4, 0.5) is 0 Å². The van der Waals surface area contributed by atoms with Crippen molar-refractivity contribution >= 4 is 29.3 Å². The van der Waals surface area contributed by atoms with Crippen molar-refractivity contribution < 1.29 is 4.79 Å². The molecular formula is C21H18ClN3O2S. The van der Waals surface area contributed by atoms with Crippen molar-refractivity contribution in [1.82, 2.24) is 15.1 Å². The molecule has 4 rings (SSSR count). The molecule has 3 aromatic rings. The van der Waals surface area contributed by atoms with E-state index in [1.807, 2.05) is 18.2 Å². The van der Waals surface area contributed by atoms with Crippen LogP contribution in [0.15, 0.2) is 64.3 Å². The van der Waals surface area contributed by atoms with Crippen LogP contribution in [0.2, 0.25) is 5.02 Å². The second kappa shape index (κ2) is 7.81. The summed E-state index contributed by atoms with van der Waals surface area (Å²) in [5.74, 6) is 0.456. The maximum absolute atomic E-state index is 12.9. The molecule has 0 saturated carbocycles. The summed E-state index contributed by atoms with van der Waals surface area (Å²) in [6, 6.07) is 16.4. The van der Waals surface area contributed by atoms with Crippen LogP contribution >= 0.6 is 23.4 Å². The van der Waals surface area contributed by atoms with Crippen LogP contribution in [0.25, 0.3) is 5.69 Å². The van der Waals surface area contributed by atoms with Gasteiger partial charge in [0.05, 0.1) is 11.7 Å². The first-order chi connectivity index (χ1) is 13.5. The first-order valence-corrected chi connectivity index (χ1v) is 10.3. The van der Waals surface area contributed by atoms with Crippen molar-refractivity contribution in [2.45, 2.75) is 24.3 Å². The summed E-state index contributed by atoms with van der Waals surface area (Å²) in [5.41, 5.74) is 1.95. The van der Waals surface area contributed by atoms with E-state index in [-0.39, 0.29) is 11.7 Å². The quantitative estimate of drug-likeness (QED) is 0.702. The Morgan fingerprint density at radius 2 is 1.96 bits per heavy atom. The fourth-order valence-corrected chi connectivity index (χ4v) is 4.52. The van der Waals surface area contributed by atoms with E-state index >= 15 is 0 Å². The van der Waals surface area contributed by atoms with Gasteiger partial charge in [-0.15, -0.1) is 11.8 Å². The first-order valence-electron chi connectivity index (χ1n) is 8.92. The molecule has 0 spiro atoms. The van der Waals surface area contributed by atoms with Crippen LogP contribution < -0.4 is 10.7 Å². The summed E-state index contributed by atoms with van der Waals surface area (Å²) in [4.78, 5) is 26.5. The second-order valence-corrected chi connectivity index (χ2v) is 8.16. The Kier molecular flexibility index (Phi) is 5.24. The molecule has 0 saturated heterocycles. The number of fused-ring (bicyclic) bond motifs is 1. The van der Waals surface area contributed by atoms with Crippen LogP contribution in [-0.2, 0) is 0 Å². The van der Waals surface area contributed by atoms with Crippen LogP contribution in [0, 0.1) is 6.92 Å². The van der Waals surface area contributed by atoms with Crippen molar-refractivity contribution in [3.8, 4) is 5.69 Å². The van der Waals surface area contributed by atoms with Gasteiger partial charge in [0.2, 0.25) is 5.43 Å². The van der Waals surface area contributed by atoms with Gasteiger partial charge < -0.3 is 5.32 Å². The zero-order chi connectivity index (χ0) is 19.7. The van der Waals surface area contributed by atoms with Gasteiger partial charge in [-0.3, -0.25) is 9.59 Å². The summed E-state index contributed by atoms with van der Waals surface area (Å²) in [5, 5.41) is 7.93. The van der Waals surface area contributed by atoms with Crippen LogP contribution in [0.5, 0.6) is 0 Å². The standard InChI is InChI=1S/C21H18ClN3O2S/c1-13-12-18(26)20(24-25(13)15-8-6-14(22)7-9-15)21(27)23-17-10-11-28-19-5-3-2-4-16(17)19/h2-9,12,17H,10-11H2,1H3,(H,23,27)/t17-/m0/s1. The van der Waals surface area contributed by atoms with E-state index in [4.69, 9.17) is 11.6 Å². The number of rotatable bonds is 3. The third kappa shape index (κ3) is 3.70. The largest absolute Gasteiger partial charge is 0.344 e. The lowest BCUT2D eigenvalue weighted by molar-refractivity contribution is 0.0927. The van der Waals surface area contributed by atoms with E-state index < -0.39 is 11.3 Å². The number of hydrogen-bond acceptors (Lipinski definition) is 4. The van der Waals surface area contributed by atoms with Gasteiger partial charge in [0, 0.05) is 27.4 Å². The number of thioether (sulfide) groups is 1. The van der Waals surface area contributed by atoms with Crippen molar-refractivity contribution in [3.05, 3.63) is 86.8 Å². The first kappa shape index (κ1) is 18.8. The summed E-state index contributed by atoms with van der Waals surface area (Å²) < 4.78 is 1.58. The minimum atomic E-state index is -0.459. The number of hydrogen-bond donors (Lipinski definition) is 1. The van der Waals surface area contributed by atoms with Crippen molar-refractivity contribution in [2.75, 3.05) is 5.75 Å². The number of aromatic nitrogens is 2. The number of carbonyl (C=O) groups excluding carboxylic acids is 1. The zero-order valence-electron chi connectivity index (χ0n) is 15.2. The zero-order valence-corrected chi connectivity index (χ0v) is 16.8. The Hall–Kier alpha value is -2.57. The molecule has 0 radical (unpaired) electrons. The summed E-state index contributed by atoms with van der Waals surface area (Å²) in [6.07, 6.45) is 0.810. The van der Waals surface area contributed by atoms with Crippen LogP contribution in [0.3, 0.4) is 0 Å². The molecule has 1 aliphatic heterocycles. The van der Waals surface area contributed by atoms with Gasteiger partial charge in [0.1, 0.15) is 0 Å². The minimum absolute atomic E-state index is 0.115. The minimum Gasteiger partial charge on any atom is -0.344 e. The molecule has 0 fully saturated rings. The smallest absolute Gasteiger partial charge is 0.276 e. The highest BCUT2D eigenvalue weighted by Crippen LogP contribution is 2.35. The maximum atomic E-state index is 12.9. The third-order valence-corrected chi connectivity index (χ3v) is 6.03. The average molecular weight is 412 g/mol. The monoisotopic (exact) mass is 411 g/mol. The van der Waals surface area contributed by atoms with Gasteiger partial charge in [-0.25, -0.2) is 4.68 Å². The molecule has 1 atom stereocenters. The molecule has 2 aromatic carbocycles. The van der Waals surface area contributed by atoms with Gasteiger partial charge in [-0.1, -0.05) is 29.8 Å². The third-order valence-electron chi connectivity index (χ3n) is 4.66. The average Bonchev–Trinajstić information content (AvgIpc) is 2.69. The van der Waals surface area contributed by atoms with Crippen LogP contribution in [-0.4, -0.2) is 21.4 Å². The lowest BCUT2D eigenvalue weighted by Gasteiger charge is -2.25. The summed E-state index contributed by atoms with van der Waals surface area (Å²) in [7, 11) is 0. The fourth-order valence-electron chi connectivity index (χ4n) is 3.27. The molecule has 1 aromatic heterocycles. The number of halogens is 1. The molecule has 2 heterocycles. The second-order valence-electron chi connectivity index (χ2n) is 6.59. The predicted octanol–water partition coefficient (Wildman–Crippen LogP) is 4.16. The summed E-state index contributed by atoms with van der Waals surface area (Å²) >= 11 is 7.73. The highest BCUT2D eigenvalue weighted by atomic mass is 35.5. The molecule has 28 heavy (non-hydrogen) atoms. The topological polar surface area (TPSA) is 64.0 Å². The maximum Gasteiger partial charge on any atom is 0.276 e. The molecule has 5 nitrogen and oxygen atoms in total. The number of amides is 1. The molecule has 1 N–H and O–H groups in total. The van der Waals surface area contributed by atoms with Crippen molar-refractivity contribution in [3.63, 3.8) is 0 Å². The van der Waals surface area contributed by atoms with E-state index in [0.717, 1.165) is 28.3 Å². The lowest BCUT2D eigenvalue weighted by Crippen LogP contribution is -2.35. The Balaban J connectivity index is 1.66. The van der Waals surface area contributed by atoms with Crippen LogP contribution in [0.1, 0.15) is 34.2 Å². The molecule has 7 heteroatoms. The summed E-state index contributed by atoms with van der Waals surface area (Å²) in [6.45, 7) is 1.78. The van der Waals surface area contributed by atoms with Crippen molar-refractivity contribution in [1.29, 1.82) is 0 Å². The van der Waals surface area contributed by atoms with Gasteiger partial charge >= 0.3 is 0 Å². The number of benzene rings is 2. The van der Waals surface area contributed by atoms with E-state index in [1.54, 1.807) is 47.6 Å². The lowest BCUT2D eigenvalue weighted by atomic mass is 10.0. The molecule has 0 aliphatic carbocycles. The molecule has 0 bridgehead atoms. The van der Waals surface area contributed by atoms with E-state index in [2.05, 4.69) is 16.5 Å². The van der Waals surface area contributed by atoms with E-state index in [9.17, 15) is 9.59 Å². The normalized spacial score (nSPS) is 15.7. The predicted molar refractivity (Wildman–Crippen MR) is 112 cm³/mol. The van der Waals surface area contributed by atoms with Crippen molar-refractivity contribution in [2.24, 2.45) is 0 Å². The van der Waals surface area contributed by atoms with Gasteiger partial charge in [-0.05, 0) is 49.2 Å². The van der Waals surface area contributed by atoms with E-state index in [1.165, 1.54) is 6.07 Å². The van der Waals surface area contributed by atoms with Gasteiger partial charge in [0.15, 0.2) is 5.69 Å². The Morgan fingerprint density at radius 3 is 2.75 bits per heavy atom. The van der Waals surface area contributed by atoms with E-state index in [0.29, 0.717) is 10.7 Å². The van der Waals surface area contributed by atoms with Gasteiger partial charge in [-0.2, -0.15) is 5.10 Å². The number of aryl methyl sites for hydroxylation is 1. The molecule has 1 amide bonds. The number of nitrogens with zero attached hydrogens (tertiary/aromatic N) is 2. The number of carbonyl (C=O) groups is 1. The fraction of sp³-hybridized carbons (Fsp3) is 0.190. The van der Waals surface area contributed by atoms with Gasteiger partial charge in [0.25, 0.3) is 5.91 Å². The molecule has 142 valence electrons. The highest BCUT2D eigenvalue weighted by molar-refractivity contribution is 7.99. The Labute approximate surface area is 171 Å². The molecule has 0 unspecified atom stereocenters. The Morgan fingerprint density at radius 1 is 1.21 bits per heavy atom. The highest BCUT2D eigenvalue weighted by Gasteiger charge is 2.24. The number of nitrogens with one attached hydrogen (secondary N) is 1. The Bertz CT molecular complexity index is 1100. The SMILES string of the molecule is Cc1cc(=O)c(C(=O)N[C@H]2CCSc3ccccc32)nn1-c1ccc(Cl)cc1. The molecule has 1 aliphatic rings. The molecular weight excluding hydrogens is 394 g/mol.